The molecule has 0 spiro atoms. The van der Waals surface area contributed by atoms with Crippen LogP contribution in [0.25, 0.3) is 5.69 Å². The highest BCUT2D eigenvalue weighted by Gasteiger charge is 2.22. The molecule has 152 valence electrons. The molecule has 0 unspecified atom stereocenters. The van der Waals surface area contributed by atoms with Gasteiger partial charge in [0.25, 0.3) is 5.91 Å². The van der Waals surface area contributed by atoms with Gasteiger partial charge in [-0.3, -0.25) is 4.79 Å². The fraction of sp³-hybridized carbons (Fsp3) is 0.333. The van der Waals surface area contributed by atoms with Crippen LogP contribution in [0, 0.1) is 5.82 Å². The Labute approximate surface area is 171 Å². The second-order valence-electron chi connectivity index (χ2n) is 9.33. The highest BCUT2D eigenvalue weighted by molar-refractivity contribution is 6.04. The number of aromatic nitrogens is 2. The summed E-state index contributed by atoms with van der Waals surface area (Å²) in [5, 5.41) is 7.61. The topological polar surface area (TPSA) is 46.9 Å². The molecule has 1 N–H and O–H groups in total. The number of amides is 1. The lowest BCUT2D eigenvalue weighted by molar-refractivity contribution is 0.102. The molecule has 0 aliphatic carbocycles. The Morgan fingerprint density at radius 2 is 1.48 bits per heavy atom. The lowest BCUT2D eigenvalue weighted by Gasteiger charge is -2.19. The van der Waals surface area contributed by atoms with Crippen molar-refractivity contribution in [3.8, 4) is 5.69 Å². The molecule has 1 amide bonds. The number of carbonyl (C=O) groups is 1. The van der Waals surface area contributed by atoms with Crippen molar-refractivity contribution in [3.05, 3.63) is 77.2 Å². The fourth-order valence-electron chi connectivity index (χ4n) is 2.93. The first-order chi connectivity index (χ1) is 13.4. The molecule has 4 nitrogen and oxygen atoms in total. The third-order valence-corrected chi connectivity index (χ3v) is 4.80. The zero-order valence-electron chi connectivity index (χ0n) is 17.9. The number of hydrogen-bond donors (Lipinski definition) is 1. The molecule has 0 aliphatic heterocycles. The number of halogens is 1. The molecular formula is C24H28FN3O. The minimum atomic E-state index is -0.318. The van der Waals surface area contributed by atoms with Gasteiger partial charge in [0.2, 0.25) is 0 Å². The van der Waals surface area contributed by atoms with Gasteiger partial charge in [0.1, 0.15) is 11.6 Å². The molecule has 0 aliphatic rings. The molecule has 0 bridgehead atoms. The Morgan fingerprint density at radius 3 is 2.00 bits per heavy atom. The van der Waals surface area contributed by atoms with Crippen LogP contribution in [-0.2, 0) is 10.8 Å². The van der Waals surface area contributed by atoms with Crippen molar-refractivity contribution in [2.24, 2.45) is 0 Å². The van der Waals surface area contributed by atoms with Gasteiger partial charge in [0, 0.05) is 17.0 Å². The fourth-order valence-corrected chi connectivity index (χ4v) is 2.93. The van der Waals surface area contributed by atoms with Gasteiger partial charge < -0.3 is 5.32 Å². The molecule has 3 aromatic rings. The minimum Gasteiger partial charge on any atom is -0.306 e. The Bertz CT molecular complexity index is 1000. The molecule has 3 rings (SSSR count). The number of carbonyl (C=O) groups excluding carboxylic acids is 1. The predicted molar refractivity (Wildman–Crippen MR) is 115 cm³/mol. The summed E-state index contributed by atoms with van der Waals surface area (Å²) in [7, 11) is 0. The van der Waals surface area contributed by atoms with Crippen molar-refractivity contribution in [2.75, 3.05) is 5.32 Å². The van der Waals surface area contributed by atoms with Crippen molar-refractivity contribution >= 4 is 11.7 Å². The van der Waals surface area contributed by atoms with Gasteiger partial charge in [-0.1, -0.05) is 53.7 Å². The second-order valence-corrected chi connectivity index (χ2v) is 9.33. The summed E-state index contributed by atoms with van der Waals surface area (Å²) < 4.78 is 15.0. The van der Waals surface area contributed by atoms with E-state index >= 15 is 0 Å². The van der Waals surface area contributed by atoms with E-state index in [1.54, 1.807) is 16.8 Å². The van der Waals surface area contributed by atoms with E-state index in [-0.39, 0.29) is 22.6 Å². The zero-order chi connectivity index (χ0) is 21.4. The highest BCUT2D eigenvalue weighted by Crippen LogP contribution is 2.27. The number of rotatable bonds is 3. The SMILES string of the molecule is CC(C)(C)c1ccc(C(=O)Nc2cc(C(C)(C)C)nn2-c2ccc(F)cc2)cc1. The molecule has 5 heteroatoms. The number of nitrogens with one attached hydrogen (secondary N) is 1. The van der Waals surface area contributed by atoms with E-state index in [1.807, 2.05) is 30.3 Å². The average Bonchev–Trinajstić information content (AvgIpc) is 3.06. The molecule has 0 radical (unpaired) electrons. The van der Waals surface area contributed by atoms with Crippen LogP contribution in [0.5, 0.6) is 0 Å². The van der Waals surface area contributed by atoms with E-state index in [0.717, 1.165) is 5.69 Å². The third kappa shape index (κ3) is 4.73. The lowest BCUT2D eigenvalue weighted by Crippen LogP contribution is -2.16. The minimum absolute atomic E-state index is 0.0256. The van der Waals surface area contributed by atoms with Gasteiger partial charge in [-0.05, 0) is 47.4 Å². The molecule has 1 aromatic heterocycles. The monoisotopic (exact) mass is 393 g/mol. The largest absolute Gasteiger partial charge is 0.306 e. The van der Waals surface area contributed by atoms with Gasteiger partial charge >= 0.3 is 0 Å². The van der Waals surface area contributed by atoms with E-state index < -0.39 is 0 Å². The van der Waals surface area contributed by atoms with Gasteiger partial charge in [-0.15, -0.1) is 0 Å². The van der Waals surface area contributed by atoms with Crippen molar-refractivity contribution in [1.82, 2.24) is 9.78 Å². The Morgan fingerprint density at radius 1 is 0.897 bits per heavy atom. The maximum atomic E-state index is 13.3. The molecule has 0 saturated heterocycles. The predicted octanol–water partition coefficient (Wildman–Crippen LogP) is 5.86. The van der Waals surface area contributed by atoms with Gasteiger partial charge in [0.15, 0.2) is 0 Å². The van der Waals surface area contributed by atoms with E-state index in [2.05, 4.69) is 52.0 Å². The first kappa shape index (κ1) is 20.8. The smallest absolute Gasteiger partial charge is 0.256 e. The summed E-state index contributed by atoms with van der Waals surface area (Å²) in [4.78, 5) is 12.9. The van der Waals surface area contributed by atoms with Gasteiger partial charge in [-0.2, -0.15) is 5.10 Å². The van der Waals surface area contributed by atoms with Crippen molar-refractivity contribution in [2.45, 2.75) is 52.4 Å². The molecular weight excluding hydrogens is 365 g/mol. The summed E-state index contributed by atoms with van der Waals surface area (Å²) in [6, 6.07) is 15.5. The maximum Gasteiger partial charge on any atom is 0.256 e. The zero-order valence-corrected chi connectivity index (χ0v) is 17.9. The van der Waals surface area contributed by atoms with Gasteiger partial charge in [0.05, 0.1) is 11.4 Å². The van der Waals surface area contributed by atoms with E-state index in [1.165, 1.54) is 17.7 Å². The second kappa shape index (κ2) is 7.47. The van der Waals surface area contributed by atoms with Crippen LogP contribution < -0.4 is 5.32 Å². The standard InChI is InChI=1S/C24H28FN3O/c1-23(2,3)17-9-7-16(8-10-17)22(29)26-21-15-20(24(4,5)6)27-28(21)19-13-11-18(25)12-14-19/h7-15H,1-6H3,(H,26,29). The number of benzene rings is 2. The summed E-state index contributed by atoms with van der Waals surface area (Å²) in [6.45, 7) is 12.6. The van der Waals surface area contributed by atoms with Crippen LogP contribution in [0.15, 0.2) is 54.6 Å². The maximum absolute atomic E-state index is 13.3. The third-order valence-electron chi connectivity index (χ3n) is 4.80. The Hall–Kier alpha value is -2.95. The number of hydrogen-bond acceptors (Lipinski definition) is 2. The first-order valence-corrected chi connectivity index (χ1v) is 9.73. The van der Waals surface area contributed by atoms with E-state index in [9.17, 15) is 9.18 Å². The van der Waals surface area contributed by atoms with Crippen LogP contribution in [-0.4, -0.2) is 15.7 Å². The average molecular weight is 394 g/mol. The Kier molecular flexibility index (Phi) is 5.35. The molecule has 29 heavy (non-hydrogen) atoms. The van der Waals surface area contributed by atoms with Crippen molar-refractivity contribution in [1.29, 1.82) is 0 Å². The summed E-state index contributed by atoms with van der Waals surface area (Å²) in [5.74, 6) is 0.0158. The van der Waals surface area contributed by atoms with E-state index in [0.29, 0.717) is 17.1 Å². The summed E-state index contributed by atoms with van der Waals surface area (Å²) in [5.41, 5.74) is 3.08. The van der Waals surface area contributed by atoms with Crippen LogP contribution in [0.1, 0.15) is 63.2 Å². The first-order valence-electron chi connectivity index (χ1n) is 9.73. The molecule has 0 fully saturated rings. The van der Waals surface area contributed by atoms with E-state index in [4.69, 9.17) is 0 Å². The normalized spacial score (nSPS) is 12.1. The van der Waals surface area contributed by atoms with Crippen LogP contribution in [0.2, 0.25) is 0 Å². The molecule has 1 heterocycles. The molecule has 2 aromatic carbocycles. The van der Waals surface area contributed by atoms with Crippen LogP contribution in [0.4, 0.5) is 10.2 Å². The Balaban J connectivity index is 1.94. The molecule has 0 atom stereocenters. The van der Waals surface area contributed by atoms with Crippen molar-refractivity contribution in [3.63, 3.8) is 0 Å². The summed E-state index contributed by atoms with van der Waals surface area (Å²) >= 11 is 0. The lowest BCUT2D eigenvalue weighted by atomic mass is 9.87. The van der Waals surface area contributed by atoms with Crippen LogP contribution in [0.3, 0.4) is 0 Å². The number of anilines is 1. The quantitative estimate of drug-likeness (QED) is 0.606. The van der Waals surface area contributed by atoms with Gasteiger partial charge in [-0.25, -0.2) is 9.07 Å². The summed E-state index contributed by atoms with van der Waals surface area (Å²) in [6.07, 6.45) is 0. The molecule has 0 saturated carbocycles. The highest BCUT2D eigenvalue weighted by atomic mass is 19.1. The van der Waals surface area contributed by atoms with Crippen molar-refractivity contribution < 1.29 is 9.18 Å². The number of nitrogens with zero attached hydrogens (tertiary/aromatic N) is 2. The van der Waals surface area contributed by atoms with Crippen LogP contribution >= 0.6 is 0 Å².